The molecule has 3 aromatic rings. The highest BCUT2D eigenvalue weighted by Gasteiger charge is 2.31. The van der Waals surface area contributed by atoms with Crippen molar-refractivity contribution in [3.63, 3.8) is 0 Å². The van der Waals surface area contributed by atoms with Crippen LogP contribution in [0, 0.1) is 0 Å². The van der Waals surface area contributed by atoms with Gasteiger partial charge >= 0.3 is 6.18 Å². The number of alkyl halides is 3. The SMILES string of the molecule is FC(F)(F)c1ccc(Nc2cc(-c3ccncc3)nc(NC3CC3)n2)c(Br)c1. The van der Waals surface area contributed by atoms with E-state index in [2.05, 4.69) is 41.5 Å². The first kappa shape index (κ1) is 18.7. The summed E-state index contributed by atoms with van der Waals surface area (Å²) in [5, 5.41) is 6.33. The van der Waals surface area contributed by atoms with Gasteiger partial charge in [0.2, 0.25) is 5.95 Å². The van der Waals surface area contributed by atoms with Crippen LogP contribution in [0.2, 0.25) is 0 Å². The maximum Gasteiger partial charge on any atom is 0.416 e. The van der Waals surface area contributed by atoms with Gasteiger partial charge in [-0.2, -0.15) is 18.2 Å². The third kappa shape index (κ3) is 4.41. The zero-order valence-electron chi connectivity index (χ0n) is 14.5. The molecule has 9 heteroatoms. The summed E-state index contributed by atoms with van der Waals surface area (Å²) >= 11 is 3.20. The van der Waals surface area contributed by atoms with Crippen molar-refractivity contribution in [2.24, 2.45) is 0 Å². The second kappa shape index (κ2) is 7.38. The van der Waals surface area contributed by atoms with Crippen molar-refractivity contribution in [1.82, 2.24) is 15.0 Å². The van der Waals surface area contributed by atoms with Gasteiger partial charge in [-0.3, -0.25) is 4.98 Å². The molecule has 0 bridgehead atoms. The van der Waals surface area contributed by atoms with Crippen LogP contribution in [0.5, 0.6) is 0 Å². The number of pyridine rings is 1. The van der Waals surface area contributed by atoms with Gasteiger partial charge in [-0.25, -0.2) is 4.98 Å². The molecule has 5 nitrogen and oxygen atoms in total. The Morgan fingerprint density at radius 2 is 1.75 bits per heavy atom. The highest BCUT2D eigenvalue weighted by Crippen LogP contribution is 2.35. The van der Waals surface area contributed by atoms with E-state index >= 15 is 0 Å². The molecule has 0 radical (unpaired) electrons. The van der Waals surface area contributed by atoms with Gasteiger partial charge in [-0.1, -0.05) is 0 Å². The van der Waals surface area contributed by atoms with Crippen molar-refractivity contribution in [1.29, 1.82) is 0 Å². The van der Waals surface area contributed by atoms with Crippen LogP contribution in [0.3, 0.4) is 0 Å². The Balaban J connectivity index is 1.67. The van der Waals surface area contributed by atoms with E-state index in [9.17, 15) is 13.2 Å². The van der Waals surface area contributed by atoms with Crippen molar-refractivity contribution in [3.05, 3.63) is 58.8 Å². The number of halogens is 4. The number of nitrogens with one attached hydrogen (secondary N) is 2. The second-order valence-electron chi connectivity index (χ2n) is 6.43. The topological polar surface area (TPSA) is 62.7 Å². The zero-order valence-corrected chi connectivity index (χ0v) is 16.0. The Morgan fingerprint density at radius 3 is 2.39 bits per heavy atom. The maximum absolute atomic E-state index is 12.9. The molecule has 1 aromatic carbocycles. The minimum Gasteiger partial charge on any atom is -0.351 e. The number of benzene rings is 1. The predicted molar refractivity (Wildman–Crippen MR) is 104 cm³/mol. The van der Waals surface area contributed by atoms with Crippen molar-refractivity contribution >= 4 is 33.4 Å². The molecule has 0 atom stereocenters. The molecule has 1 saturated carbocycles. The van der Waals surface area contributed by atoms with E-state index in [0.717, 1.165) is 30.5 Å². The Kier molecular flexibility index (Phi) is 4.92. The minimum atomic E-state index is -4.40. The van der Waals surface area contributed by atoms with Crippen LogP contribution in [0.4, 0.5) is 30.6 Å². The molecule has 1 aliphatic rings. The van der Waals surface area contributed by atoms with Crippen LogP contribution in [0.1, 0.15) is 18.4 Å². The molecular formula is C19H15BrF3N5. The Morgan fingerprint density at radius 1 is 1.00 bits per heavy atom. The van der Waals surface area contributed by atoms with Gasteiger partial charge in [0.1, 0.15) is 5.82 Å². The van der Waals surface area contributed by atoms with E-state index in [1.54, 1.807) is 18.5 Å². The molecule has 0 unspecified atom stereocenters. The zero-order chi connectivity index (χ0) is 19.7. The lowest BCUT2D eigenvalue weighted by atomic mass is 10.2. The van der Waals surface area contributed by atoms with Crippen LogP contribution in [-0.4, -0.2) is 21.0 Å². The number of nitrogens with zero attached hydrogens (tertiary/aromatic N) is 3. The number of hydrogen-bond acceptors (Lipinski definition) is 5. The van der Waals surface area contributed by atoms with E-state index in [1.165, 1.54) is 6.07 Å². The van der Waals surface area contributed by atoms with Crippen LogP contribution < -0.4 is 10.6 Å². The van der Waals surface area contributed by atoms with E-state index in [4.69, 9.17) is 0 Å². The summed E-state index contributed by atoms with van der Waals surface area (Å²) in [7, 11) is 0. The highest BCUT2D eigenvalue weighted by molar-refractivity contribution is 9.10. The standard InChI is InChI=1S/C19H15BrF3N5/c20-14-9-12(19(21,22)23)1-4-15(14)26-17-10-16(11-5-7-24-8-6-11)27-18(28-17)25-13-2-3-13/h1,4-10,13H,2-3H2,(H2,25,26,27,28). The molecular weight excluding hydrogens is 435 g/mol. The van der Waals surface area contributed by atoms with Crippen molar-refractivity contribution < 1.29 is 13.2 Å². The van der Waals surface area contributed by atoms with Gasteiger partial charge in [0, 0.05) is 34.5 Å². The fourth-order valence-electron chi connectivity index (χ4n) is 2.59. The Bertz CT molecular complexity index is 991. The predicted octanol–water partition coefficient (Wildman–Crippen LogP) is 5.64. The number of anilines is 3. The molecule has 0 spiro atoms. The molecule has 0 saturated heterocycles. The Hall–Kier alpha value is -2.68. The summed E-state index contributed by atoms with van der Waals surface area (Å²) < 4.78 is 38.9. The van der Waals surface area contributed by atoms with Gasteiger partial charge in [0.05, 0.1) is 16.9 Å². The first-order valence-electron chi connectivity index (χ1n) is 8.58. The third-order valence-electron chi connectivity index (χ3n) is 4.17. The first-order chi connectivity index (χ1) is 13.4. The van der Waals surface area contributed by atoms with Crippen molar-refractivity contribution in [2.45, 2.75) is 25.1 Å². The molecule has 1 fully saturated rings. The highest BCUT2D eigenvalue weighted by atomic mass is 79.9. The van der Waals surface area contributed by atoms with Crippen molar-refractivity contribution in [2.75, 3.05) is 10.6 Å². The summed E-state index contributed by atoms with van der Waals surface area (Å²) in [6.45, 7) is 0. The monoisotopic (exact) mass is 449 g/mol. The molecule has 2 N–H and O–H groups in total. The summed E-state index contributed by atoms with van der Waals surface area (Å²) in [5.74, 6) is 0.952. The molecule has 144 valence electrons. The van der Waals surface area contributed by atoms with Crippen LogP contribution >= 0.6 is 15.9 Å². The van der Waals surface area contributed by atoms with Crippen molar-refractivity contribution in [3.8, 4) is 11.3 Å². The normalized spacial score (nSPS) is 14.0. The minimum absolute atomic E-state index is 0.295. The molecule has 4 rings (SSSR count). The quantitative estimate of drug-likeness (QED) is 0.527. The molecule has 0 aliphatic heterocycles. The molecule has 0 amide bonds. The second-order valence-corrected chi connectivity index (χ2v) is 7.29. The fraction of sp³-hybridized carbons (Fsp3) is 0.211. The average Bonchev–Trinajstić information content (AvgIpc) is 3.47. The lowest BCUT2D eigenvalue weighted by molar-refractivity contribution is -0.137. The number of aromatic nitrogens is 3. The average molecular weight is 450 g/mol. The van der Waals surface area contributed by atoms with Crippen LogP contribution in [0.25, 0.3) is 11.3 Å². The fourth-order valence-corrected chi connectivity index (χ4v) is 3.07. The maximum atomic E-state index is 12.9. The lowest BCUT2D eigenvalue weighted by Crippen LogP contribution is -2.08. The summed E-state index contributed by atoms with van der Waals surface area (Å²) in [5.41, 5.74) is 1.31. The Labute approximate surface area is 167 Å². The smallest absolute Gasteiger partial charge is 0.351 e. The first-order valence-corrected chi connectivity index (χ1v) is 9.37. The van der Waals surface area contributed by atoms with Gasteiger partial charge in [-0.15, -0.1) is 0 Å². The van der Waals surface area contributed by atoms with Crippen LogP contribution in [-0.2, 0) is 6.18 Å². The van der Waals surface area contributed by atoms with Gasteiger partial charge in [-0.05, 0) is 59.1 Å². The van der Waals surface area contributed by atoms with Gasteiger partial charge in [0.25, 0.3) is 0 Å². The third-order valence-corrected chi connectivity index (χ3v) is 4.83. The number of hydrogen-bond donors (Lipinski definition) is 2. The number of rotatable bonds is 5. The molecule has 2 aromatic heterocycles. The summed E-state index contributed by atoms with van der Waals surface area (Å²) in [4.78, 5) is 13.0. The van der Waals surface area contributed by atoms with E-state index in [1.807, 2.05) is 12.1 Å². The summed E-state index contributed by atoms with van der Waals surface area (Å²) in [6, 6.07) is 9.21. The molecule has 28 heavy (non-hydrogen) atoms. The van der Waals surface area contributed by atoms with Gasteiger partial charge < -0.3 is 10.6 Å². The van der Waals surface area contributed by atoms with Gasteiger partial charge in [0.15, 0.2) is 0 Å². The van der Waals surface area contributed by atoms with E-state index in [0.29, 0.717) is 33.7 Å². The largest absolute Gasteiger partial charge is 0.416 e. The molecule has 2 heterocycles. The molecule has 1 aliphatic carbocycles. The van der Waals surface area contributed by atoms with E-state index in [-0.39, 0.29) is 0 Å². The lowest BCUT2D eigenvalue weighted by Gasteiger charge is -2.13. The summed E-state index contributed by atoms with van der Waals surface area (Å²) in [6.07, 6.45) is 1.08. The van der Waals surface area contributed by atoms with Crippen LogP contribution in [0.15, 0.2) is 53.3 Å². The van der Waals surface area contributed by atoms with E-state index < -0.39 is 11.7 Å².